The van der Waals surface area contributed by atoms with E-state index in [0.29, 0.717) is 30.0 Å². The van der Waals surface area contributed by atoms with Crippen LogP contribution in [0.2, 0.25) is 0 Å². The molecule has 0 amide bonds. The van der Waals surface area contributed by atoms with Crippen molar-refractivity contribution < 1.29 is 19.4 Å². The maximum absolute atomic E-state index is 10.8. The van der Waals surface area contributed by atoms with Crippen molar-refractivity contribution in [3.05, 3.63) is 14.7 Å². The highest BCUT2D eigenvalue weighted by molar-refractivity contribution is 9.10. The van der Waals surface area contributed by atoms with E-state index in [2.05, 4.69) is 15.9 Å². The molecule has 1 rings (SSSR count). The van der Waals surface area contributed by atoms with E-state index in [-0.39, 0.29) is 4.88 Å². The summed E-state index contributed by atoms with van der Waals surface area (Å²) in [6.45, 7) is 3.32. The summed E-state index contributed by atoms with van der Waals surface area (Å²) in [7, 11) is 0. The Bertz CT molecular complexity index is 337. The maximum Gasteiger partial charge on any atom is 0.349 e. The zero-order valence-corrected chi connectivity index (χ0v) is 10.6. The Morgan fingerprint density at radius 3 is 2.93 bits per heavy atom. The summed E-state index contributed by atoms with van der Waals surface area (Å²) in [5.74, 6) is -0.593. The Balaban J connectivity index is 2.58. The summed E-state index contributed by atoms with van der Waals surface area (Å²) in [6, 6.07) is 0. The molecule has 0 saturated heterocycles. The fraction of sp³-hybridized carbons (Fsp3) is 0.444. The van der Waals surface area contributed by atoms with E-state index >= 15 is 0 Å². The molecule has 0 bridgehead atoms. The van der Waals surface area contributed by atoms with Crippen LogP contribution in [0.3, 0.4) is 0 Å². The van der Waals surface area contributed by atoms with Gasteiger partial charge in [0.2, 0.25) is 0 Å². The van der Waals surface area contributed by atoms with Gasteiger partial charge in [-0.05, 0) is 22.9 Å². The van der Waals surface area contributed by atoms with E-state index < -0.39 is 5.97 Å². The topological polar surface area (TPSA) is 55.8 Å². The van der Waals surface area contributed by atoms with Crippen LogP contribution in [0.25, 0.3) is 0 Å². The third-order valence-corrected chi connectivity index (χ3v) is 3.42. The molecular weight excluding hydrogens is 284 g/mol. The first-order valence-corrected chi connectivity index (χ1v) is 6.05. The van der Waals surface area contributed by atoms with E-state index in [9.17, 15) is 4.79 Å². The third-order valence-electron chi connectivity index (χ3n) is 1.58. The summed E-state index contributed by atoms with van der Waals surface area (Å²) in [5, 5.41) is 10.6. The summed E-state index contributed by atoms with van der Waals surface area (Å²) in [4.78, 5) is 11.0. The van der Waals surface area contributed by atoms with Crippen molar-refractivity contribution in [1.29, 1.82) is 0 Å². The van der Waals surface area contributed by atoms with Crippen LogP contribution in [-0.2, 0) is 4.74 Å². The second kappa shape index (κ2) is 6.09. The molecule has 15 heavy (non-hydrogen) atoms. The van der Waals surface area contributed by atoms with Gasteiger partial charge in [0.25, 0.3) is 0 Å². The highest BCUT2D eigenvalue weighted by Crippen LogP contribution is 2.34. The van der Waals surface area contributed by atoms with Gasteiger partial charge in [-0.15, -0.1) is 11.3 Å². The van der Waals surface area contributed by atoms with Gasteiger partial charge in [-0.2, -0.15) is 0 Å². The highest BCUT2D eigenvalue weighted by atomic mass is 79.9. The number of aromatic carboxylic acids is 1. The lowest BCUT2D eigenvalue weighted by molar-refractivity contribution is 0.0693. The average molecular weight is 295 g/mol. The Labute approximate surface area is 99.9 Å². The molecule has 4 nitrogen and oxygen atoms in total. The number of halogens is 1. The predicted octanol–water partition coefficient (Wildman–Crippen LogP) is 2.62. The number of rotatable bonds is 6. The Kier molecular flexibility index (Phi) is 5.07. The SMILES string of the molecule is CCOCCOc1c(Br)csc1C(=O)O. The van der Waals surface area contributed by atoms with Crippen LogP contribution in [0.1, 0.15) is 16.6 Å². The van der Waals surface area contributed by atoms with E-state index in [4.69, 9.17) is 14.6 Å². The molecule has 84 valence electrons. The molecule has 0 aromatic carbocycles. The van der Waals surface area contributed by atoms with Crippen LogP contribution in [0.4, 0.5) is 0 Å². The molecule has 0 atom stereocenters. The van der Waals surface area contributed by atoms with E-state index in [1.807, 2.05) is 6.92 Å². The molecule has 0 saturated carbocycles. The smallest absolute Gasteiger partial charge is 0.349 e. The Hall–Kier alpha value is -0.590. The minimum absolute atomic E-state index is 0.207. The molecule has 0 radical (unpaired) electrons. The zero-order chi connectivity index (χ0) is 11.3. The van der Waals surface area contributed by atoms with Crippen molar-refractivity contribution in [1.82, 2.24) is 0 Å². The number of hydrogen-bond acceptors (Lipinski definition) is 4. The zero-order valence-electron chi connectivity index (χ0n) is 8.16. The van der Waals surface area contributed by atoms with Crippen molar-refractivity contribution in [3.8, 4) is 5.75 Å². The highest BCUT2D eigenvalue weighted by Gasteiger charge is 2.17. The normalized spacial score (nSPS) is 10.3. The number of thiophene rings is 1. The van der Waals surface area contributed by atoms with Gasteiger partial charge in [-0.3, -0.25) is 0 Å². The van der Waals surface area contributed by atoms with Gasteiger partial charge in [0.1, 0.15) is 6.61 Å². The lowest BCUT2D eigenvalue weighted by atomic mass is 10.4. The summed E-state index contributed by atoms with van der Waals surface area (Å²) in [5.41, 5.74) is 0. The van der Waals surface area contributed by atoms with Crippen molar-refractivity contribution in [2.45, 2.75) is 6.92 Å². The van der Waals surface area contributed by atoms with E-state index in [1.54, 1.807) is 5.38 Å². The lowest BCUT2D eigenvalue weighted by Gasteiger charge is -2.06. The summed E-state index contributed by atoms with van der Waals surface area (Å²) in [6.07, 6.45) is 0. The molecule has 0 fully saturated rings. The average Bonchev–Trinajstić information content (AvgIpc) is 2.55. The molecule has 0 unspecified atom stereocenters. The Morgan fingerprint density at radius 1 is 1.60 bits per heavy atom. The number of carboxylic acid groups (broad SMARTS) is 1. The first kappa shape index (κ1) is 12.5. The van der Waals surface area contributed by atoms with E-state index in [0.717, 1.165) is 11.3 Å². The van der Waals surface area contributed by atoms with Crippen LogP contribution < -0.4 is 4.74 Å². The maximum atomic E-state index is 10.8. The van der Waals surface area contributed by atoms with Gasteiger partial charge in [0.15, 0.2) is 10.6 Å². The third kappa shape index (κ3) is 3.48. The second-order valence-corrected chi connectivity index (χ2v) is 4.33. The quantitative estimate of drug-likeness (QED) is 0.820. The predicted molar refractivity (Wildman–Crippen MR) is 61.0 cm³/mol. The van der Waals surface area contributed by atoms with Crippen LogP contribution in [0.15, 0.2) is 9.85 Å². The van der Waals surface area contributed by atoms with Crippen LogP contribution in [0.5, 0.6) is 5.75 Å². The Morgan fingerprint density at radius 2 is 2.33 bits per heavy atom. The molecule has 1 heterocycles. The summed E-state index contributed by atoms with van der Waals surface area (Å²) >= 11 is 4.37. The summed E-state index contributed by atoms with van der Waals surface area (Å²) < 4.78 is 11.1. The van der Waals surface area contributed by atoms with Crippen LogP contribution in [-0.4, -0.2) is 30.9 Å². The molecule has 1 aromatic heterocycles. The molecular formula is C9H11BrO4S. The molecule has 6 heteroatoms. The van der Waals surface area contributed by atoms with Gasteiger partial charge in [-0.1, -0.05) is 0 Å². The standard InChI is InChI=1S/C9H11BrO4S/c1-2-13-3-4-14-7-6(10)5-15-8(7)9(11)12/h5H,2-4H2,1H3,(H,11,12). The second-order valence-electron chi connectivity index (χ2n) is 2.59. The fourth-order valence-electron chi connectivity index (χ4n) is 0.955. The molecule has 1 aromatic rings. The molecule has 1 N–H and O–H groups in total. The molecule has 0 aliphatic rings. The number of hydrogen-bond donors (Lipinski definition) is 1. The van der Waals surface area contributed by atoms with Crippen molar-refractivity contribution in [2.75, 3.05) is 19.8 Å². The first-order valence-electron chi connectivity index (χ1n) is 4.37. The van der Waals surface area contributed by atoms with Gasteiger partial charge >= 0.3 is 5.97 Å². The minimum Gasteiger partial charge on any atom is -0.488 e. The van der Waals surface area contributed by atoms with Gasteiger partial charge in [0.05, 0.1) is 11.1 Å². The molecule has 0 aliphatic heterocycles. The van der Waals surface area contributed by atoms with E-state index in [1.165, 1.54) is 0 Å². The van der Waals surface area contributed by atoms with Crippen molar-refractivity contribution >= 4 is 33.2 Å². The fourth-order valence-corrected chi connectivity index (χ4v) is 2.38. The monoisotopic (exact) mass is 294 g/mol. The first-order chi connectivity index (χ1) is 7.16. The van der Waals surface area contributed by atoms with Crippen LogP contribution in [0, 0.1) is 0 Å². The number of ether oxygens (including phenoxy) is 2. The minimum atomic E-state index is -0.975. The van der Waals surface area contributed by atoms with Crippen molar-refractivity contribution in [3.63, 3.8) is 0 Å². The van der Waals surface area contributed by atoms with Gasteiger partial charge in [-0.25, -0.2) is 4.79 Å². The molecule has 0 aliphatic carbocycles. The van der Waals surface area contributed by atoms with Gasteiger partial charge in [0, 0.05) is 12.0 Å². The largest absolute Gasteiger partial charge is 0.488 e. The van der Waals surface area contributed by atoms with Crippen molar-refractivity contribution in [2.24, 2.45) is 0 Å². The van der Waals surface area contributed by atoms with Gasteiger partial charge < -0.3 is 14.6 Å². The number of carbonyl (C=O) groups is 1. The number of carboxylic acids is 1. The van der Waals surface area contributed by atoms with Crippen LogP contribution >= 0.6 is 27.3 Å². The molecule has 0 spiro atoms. The lowest BCUT2D eigenvalue weighted by Crippen LogP contribution is -2.08.